The van der Waals surface area contributed by atoms with Crippen molar-refractivity contribution in [2.75, 3.05) is 13.4 Å². The first-order chi connectivity index (χ1) is 10.7. The van der Waals surface area contributed by atoms with Crippen molar-refractivity contribution >= 4 is 40.3 Å². The lowest BCUT2D eigenvalue weighted by atomic mass is 10.2. The van der Waals surface area contributed by atoms with Crippen LogP contribution >= 0.6 is 23.4 Å². The van der Waals surface area contributed by atoms with Crippen molar-refractivity contribution in [1.29, 1.82) is 0 Å². The smallest absolute Gasteiger partial charge is 0.283 e. The topological polar surface area (TPSA) is 69.9 Å². The second-order valence-electron chi connectivity index (χ2n) is 4.30. The number of ether oxygens (including phenoxy) is 1. The Hall–Kier alpha value is -2.12. The molecule has 0 fully saturated rings. The van der Waals surface area contributed by atoms with Crippen LogP contribution in [0.1, 0.15) is 10.4 Å². The number of methoxy groups -OCH3 is 1. The molecule has 0 aliphatic heterocycles. The number of carbonyl (C=O) groups excluding carboxylic acids is 1. The summed E-state index contributed by atoms with van der Waals surface area (Å²) in [5.41, 5.74) is 0.774. The molecule has 0 atom stereocenters. The third-order valence-corrected chi connectivity index (χ3v) is 3.91. The van der Waals surface area contributed by atoms with Crippen LogP contribution in [0.25, 0.3) is 11.0 Å². The maximum Gasteiger partial charge on any atom is 0.283 e. The van der Waals surface area contributed by atoms with E-state index in [1.165, 1.54) is 29.8 Å². The second kappa shape index (κ2) is 5.94. The van der Waals surface area contributed by atoms with Gasteiger partial charge in [0.1, 0.15) is 10.9 Å². The maximum absolute atomic E-state index is 12.7. The number of benzene rings is 1. The van der Waals surface area contributed by atoms with Gasteiger partial charge in [0, 0.05) is 0 Å². The predicted molar refractivity (Wildman–Crippen MR) is 84.8 cm³/mol. The summed E-state index contributed by atoms with van der Waals surface area (Å²) in [5, 5.41) is 5.38. The lowest BCUT2D eigenvalue weighted by Crippen LogP contribution is -2.15. The van der Waals surface area contributed by atoms with Gasteiger partial charge in [-0.3, -0.25) is 4.79 Å². The normalized spacial score (nSPS) is 10.9. The van der Waals surface area contributed by atoms with Crippen LogP contribution in [-0.4, -0.2) is 39.0 Å². The van der Waals surface area contributed by atoms with Crippen molar-refractivity contribution in [3.05, 3.63) is 41.2 Å². The lowest BCUT2D eigenvalue weighted by Gasteiger charge is -2.07. The number of thioether (sulfide) groups is 1. The zero-order valence-corrected chi connectivity index (χ0v) is 13.4. The van der Waals surface area contributed by atoms with Gasteiger partial charge in [0.25, 0.3) is 5.91 Å². The van der Waals surface area contributed by atoms with E-state index in [4.69, 9.17) is 16.3 Å². The van der Waals surface area contributed by atoms with Crippen LogP contribution < -0.4 is 4.74 Å². The van der Waals surface area contributed by atoms with Crippen LogP contribution in [0.2, 0.25) is 5.15 Å². The summed E-state index contributed by atoms with van der Waals surface area (Å²) < 4.78 is 6.43. The van der Waals surface area contributed by atoms with Crippen LogP contribution in [0.15, 0.2) is 35.6 Å². The van der Waals surface area contributed by atoms with Crippen molar-refractivity contribution in [2.24, 2.45) is 0 Å². The van der Waals surface area contributed by atoms with E-state index in [1.807, 2.05) is 6.26 Å². The molecule has 6 nitrogen and oxygen atoms in total. The monoisotopic (exact) mass is 334 g/mol. The summed E-state index contributed by atoms with van der Waals surface area (Å²) in [4.78, 5) is 21.2. The van der Waals surface area contributed by atoms with E-state index in [2.05, 4.69) is 15.1 Å². The van der Waals surface area contributed by atoms with Gasteiger partial charge in [-0.15, -0.1) is 0 Å². The number of hydrogen-bond acceptors (Lipinski definition) is 6. The quantitative estimate of drug-likeness (QED) is 0.417. The van der Waals surface area contributed by atoms with Crippen molar-refractivity contribution in [2.45, 2.75) is 5.16 Å². The summed E-state index contributed by atoms with van der Waals surface area (Å²) in [6.07, 6.45) is 3.31. The minimum Gasteiger partial charge on any atom is -0.496 e. The summed E-state index contributed by atoms with van der Waals surface area (Å²) in [7, 11) is 1.51. The van der Waals surface area contributed by atoms with E-state index in [0.717, 1.165) is 0 Å². The molecule has 2 heterocycles. The summed E-state index contributed by atoms with van der Waals surface area (Å²) in [6.45, 7) is 0. The van der Waals surface area contributed by atoms with Crippen molar-refractivity contribution in [3.63, 3.8) is 0 Å². The van der Waals surface area contributed by atoms with Crippen LogP contribution in [-0.2, 0) is 0 Å². The van der Waals surface area contributed by atoms with E-state index < -0.39 is 0 Å². The van der Waals surface area contributed by atoms with Gasteiger partial charge in [-0.05, 0) is 18.4 Å². The Morgan fingerprint density at radius 3 is 2.82 bits per heavy atom. The number of rotatable bonds is 3. The molecule has 1 aromatic carbocycles. The largest absolute Gasteiger partial charge is 0.496 e. The number of nitrogens with zero attached hydrogens (tertiary/aromatic N) is 4. The third-order valence-electron chi connectivity index (χ3n) is 3.07. The van der Waals surface area contributed by atoms with Gasteiger partial charge < -0.3 is 4.74 Å². The standard InChI is InChI=1S/C14H11ClN4O2S/c1-21-10-6-4-3-5-8(10)13(20)19-12-9(7-16-19)11(15)17-14(18-12)22-2/h3-7H,1-2H3. The van der Waals surface area contributed by atoms with E-state index in [-0.39, 0.29) is 11.1 Å². The number of hydrogen-bond donors (Lipinski definition) is 0. The Labute approximate surface area is 135 Å². The Morgan fingerprint density at radius 2 is 2.09 bits per heavy atom. The molecule has 0 unspecified atom stereocenters. The fourth-order valence-corrected chi connectivity index (χ4v) is 2.65. The third kappa shape index (κ3) is 2.42. The summed E-state index contributed by atoms with van der Waals surface area (Å²) in [6, 6.07) is 6.94. The van der Waals surface area contributed by atoms with Crippen LogP contribution in [0, 0.1) is 0 Å². The molecule has 3 rings (SSSR count). The SMILES string of the molecule is COc1ccccc1C(=O)n1ncc2c(Cl)nc(SC)nc21. The molecule has 0 radical (unpaired) electrons. The highest BCUT2D eigenvalue weighted by atomic mass is 35.5. The van der Waals surface area contributed by atoms with E-state index >= 15 is 0 Å². The van der Waals surface area contributed by atoms with Gasteiger partial charge in [-0.2, -0.15) is 9.78 Å². The molecule has 22 heavy (non-hydrogen) atoms. The molecule has 0 N–H and O–H groups in total. The molecular weight excluding hydrogens is 324 g/mol. The predicted octanol–water partition coefficient (Wildman–Crippen LogP) is 2.90. The molecule has 0 amide bonds. The molecule has 112 valence electrons. The minimum absolute atomic E-state index is 0.272. The van der Waals surface area contributed by atoms with Gasteiger partial charge in [-0.1, -0.05) is 35.5 Å². The average Bonchev–Trinajstić information content (AvgIpc) is 2.98. The number of aromatic nitrogens is 4. The molecule has 0 saturated heterocycles. The Morgan fingerprint density at radius 1 is 1.32 bits per heavy atom. The van der Waals surface area contributed by atoms with Gasteiger partial charge in [0.15, 0.2) is 10.8 Å². The highest BCUT2D eigenvalue weighted by Crippen LogP contribution is 2.25. The van der Waals surface area contributed by atoms with Gasteiger partial charge in [0.05, 0.1) is 24.3 Å². The van der Waals surface area contributed by atoms with E-state index in [0.29, 0.717) is 27.5 Å². The van der Waals surface area contributed by atoms with Crippen molar-refractivity contribution < 1.29 is 9.53 Å². The van der Waals surface area contributed by atoms with Crippen LogP contribution in [0.4, 0.5) is 0 Å². The molecular formula is C14H11ClN4O2S. The molecule has 0 aliphatic rings. The average molecular weight is 335 g/mol. The first-order valence-electron chi connectivity index (χ1n) is 6.28. The number of halogens is 1. The highest BCUT2D eigenvalue weighted by Gasteiger charge is 2.20. The first kappa shape index (κ1) is 14.8. The van der Waals surface area contributed by atoms with E-state index in [1.54, 1.807) is 24.3 Å². The Balaban J connectivity index is 2.18. The molecule has 0 spiro atoms. The minimum atomic E-state index is -0.339. The second-order valence-corrected chi connectivity index (χ2v) is 5.43. The van der Waals surface area contributed by atoms with Crippen molar-refractivity contribution in [1.82, 2.24) is 19.7 Å². The fraction of sp³-hybridized carbons (Fsp3) is 0.143. The number of fused-ring (bicyclic) bond motifs is 1. The van der Waals surface area contributed by atoms with Crippen LogP contribution in [0.5, 0.6) is 5.75 Å². The molecule has 0 saturated carbocycles. The zero-order chi connectivity index (χ0) is 15.7. The summed E-state index contributed by atoms with van der Waals surface area (Å²) >= 11 is 7.45. The fourth-order valence-electron chi connectivity index (χ4n) is 2.03. The zero-order valence-electron chi connectivity index (χ0n) is 11.8. The van der Waals surface area contributed by atoms with Gasteiger partial charge >= 0.3 is 0 Å². The molecule has 0 aliphatic carbocycles. The van der Waals surface area contributed by atoms with Gasteiger partial charge in [0.2, 0.25) is 0 Å². The first-order valence-corrected chi connectivity index (χ1v) is 7.89. The highest BCUT2D eigenvalue weighted by molar-refractivity contribution is 7.98. The number of para-hydroxylation sites is 1. The Bertz CT molecular complexity index is 865. The maximum atomic E-state index is 12.7. The number of carbonyl (C=O) groups is 1. The lowest BCUT2D eigenvalue weighted by molar-refractivity contribution is 0.0946. The van der Waals surface area contributed by atoms with E-state index in [9.17, 15) is 4.79 Å². The molecule has 3 aromatic rings. The molecule has 0 bridgehead atoms. The molecule has 8 heteroatoms. The molecule has 2 aromatic heterocycles. The Kier molecular flexibility index (Phi) is 4.00. The van der Waals surface area contributed by atoms with Crippen LogP contribution in [0.3, 0.4) is 0 Å². The summed E-state index contributed by atoms with van der Waals surface area (Å²) in [5.74, 6) is 0.135. The van der Waals surface area contributed by atoms with Crippen molar-refractivity contribution in [3.8, 4) is 5.75 Å². The van der Waals surface area contributed by atoms with Gasteiger partial charge in [-0.25, -0.2) is 9.97 Å².